The molecule has 1 aromatic rings. The SMILES string of the molecule is COc1nc(C(F)F)cnc1N. The standard InChI is InChI=1S/C6H7F2N3O/c1-12-6-5(9)10-2-3(11-6)4(7)8/h2,4H,1H3,(H2,9,10). The molecule has 1 rings (SSSR count). The smallest absolute Gasteiger partial charge is 0.282 e. The lowest BCUT2D eigenvalue weighted by Crippen LogP contribution is -2.01. The van der Waals surface area contributed by atoms with Crippen molar-refractivity contribution >= 4 is 5.82 Å². The summed E-state index contributed by atoms with van der Waals surface area (Å²) >= 11 is 0. The maximum Gasteiger partial charge on any atom is 0.282 e. The van der Waals surface area contributed by atoms with Gasteiger partial charge in [0.25, 0.3) is 12.3 Å². The molecular weight excluding hydrogens is 168 g/mol. The molecule has 0 saturated carbocycles. The van der Waals surface area contributed by atoms with Crippen molar-refractivity contribution in [2.24, 2.45) is 0 Å². The van der Waals surface area contributed by atoms with E-state index in [1.165, 1.54) is 7.11 Å². The fourth-order valence-corrected chi connectivity index (χ4v) is 0.650. The Bertz CT molecular complexity index is 279. The van der Waals surface area contributed by atoms with Crippen LogP contribution in [-0.2, 0) is 0 Å². The number of aromatic nitrogens is 2. The third-order valence-corrected chi connectivity index (χ3v) is 1.20. The summed E-state index contributed by atoms with van der Waals surface area (Å²) in [6, 6.07) is 0. The fourth-order valence-electron chi connectivity index (χ4n) is 0.650. The lowest BCUT2D eigenvalue weighted by molar-refractivity contribution is 0.144. The highest BCUT2D eigenvalue weighted by molar-refractivity contribution is 5.39. The quantitative estimate of drug-likeness (QED) is 0.728. The van der Waals surface area contributed by atoms with Gasteiger partial charge in [-0.2, -0.15) is 0 Å². The molecule has 0 aromatic carbocycles. The number of alkyl halides is 2. The van der Waals surface area contributed by atoms with E-state index in [0.29, 0.717) is 0 Å². The van der Waals surface area contributed by atoms with Crippen LogP contribution in [-0.4, -0.2) is 17.1 Å². The highest BCUT2D eigenvalue weighted by Crippen LogP contribution is 2.21. The average molecular weight is 175 g/mol. The van der Waals surface area contributed by atoms with Crippen molar-refractivity contribution < 1.29 is 13.5 Å². The Morgan fingerprint density at radius 3 is 2.75 bits per heavy atom. The Hall–Kier alpha value is -1.46. The van der Waals surface area contributed by atoms with E-state index in [1.807, 2.05) is 0 Å². The molecular formula is C6H7F2N3O. The number of ether oxygens (including phenoxy) is 1. The maximum absolute atomic E-state index is 12.0. The van der Waals surface area contributed by atoms with Gasteiger partial charge in [0.1, 0.15) is 5.69 Å². The van der Waals surface area contributed by atoms with E-state index >= 15 is 0 Å². The van der Waals surface area contributed by atoms with E-state index < -0.39 is 12.1 Å². The van der Waals surface area contributed by atoms with Crippen LogP contribution in [0.3, 0.4) is 0 Å². The van der Waals surface area contributed by atoms with Crippen LogP contribution in [0.2, 0.25) is 0 Å². The molecule has 0 atom stereocenters. The zero-order valence-corrected chi connectivity index (χ0v) is 6.29. The predicted molar refractivity (Wildman–Crippen MR) is 38.0 cm³/mol. The van der Waals surface area contributed by atoms with Crippen molar-refractivity contribution in [3.05, 3.63) is 11.9 Å². The fraction of sp³-hybridized carbons (Fsp3) is 0.333. The van der Waals surface area contributed by atoms with Crippen molar-refractivity contribution in [1.82, 2.24) is 9.97 Å². The van der Waals surface area contributed by atoms with Crippen LogP contribution in [0.15, 0.2) is 6.20 Å². The normalized spacial score (nSPS) is 10.3. The molecule has 0 fully saturated rings. The predicted octanol–water partition coefficient (Wildman–Crippen LogP) is 1.00. The molecule has 0 radical (unpaired) electrons. The van der Waals surface area contributed by atoms with E-state index in [9.17, 15) is 8.78 Å². The lowest BCUT2D eigenvalue weighted by Gasteiger charge is -2.03. The van der Waals surface area contributed by atoms with Crippen LogP contribution in [0, 0.1) is 0 Å². The second-order valence-electron chi connectivity index (χ2n) is 1.99. The van der Waals surface area contributed by atoms with E-state index in [-0.39, 0.29) is 11.7 Å². The van der Waals surface area contributed by atoms with Gasteiger partial charge < -0.3 is 10.5 Å². The van der Waals surface area contributed by atoms with Crippen LogP contribution in [0.1, 0.15) is 12.1 Å². The number of nitrogen functional groups attached to an aromatic ring is 1. The molecule has 0 aliphatic heterocycles. The third kappa shape index (κ3) is 1.58. The molecule has 1 heterocycles. The van der Waals surface area contributed by atoms with Gasteiger partial charge in [-0.3, -0.25) is 0 Å². The summed E-state index contributed by atoms with van der Waals surface area (Å²) in [5.41, 5.74) is 4.81. The molecule has 0 amide bonds. The molecule has 66 valence electrons. The highest BCUT2D eigenvalue weighted by Gasteiger charge is 2.12. The Kier molecular flexibility index (Phi) is 2.37. The van der Waals surface area contributed by atoms with Gasteiger partial charge in [0.2, 0.25) is 0 Å². The molecule has 4 nitrogen and oxygen atoms in total. The number of rotatable bonds is 2. The summed E-state index contributed by atoms with van der Waals surface area (Å²) < 4.78 is 28.6. The second kappa shape index (κ2) is 3.29. The Morgan fingerprint density at radius 2 is 2.25 bits per heavy atom. The largest absolute Gasteiger partial charge is 0.478 e. The van der Waals surface area contributed by atoms with E-state index in [0.717, 1.165) is 6.20 Å². The topological polar surface area (TPSA) is 61.0 Å². The number of halogens is 2. The van der Waals surface area contributed by atoms with Crippen molar-refractivity contribution in [2.45, 2.75) is 6.43 Å². The maximum atomic E-state index is 12.0. The van der Waals surface area contributed by atoms with Gasteiger partial charge in [-0.15, -0.1) is 0 Å². The van der Waals surface area contributed by atoms with Crippen LogP contribution in [0.4, 0.5) is 14.6 Å². The summed E-state index contributed by atoms with van der Waals surface area (Å²) in [6.45, 7) is 0. The van der Waals surface area contributed by atoms with Crippen molar-refractivity contribution in [2.75, 3.05) is 12.8 Å². The molecule has 0 aliphatic rings. The van der Waals surface area contributed by atoms with Gasteiger partial charge in [0, 0.05) is 0 Å². The molecule has 0 bridgehead atoms. The third-order valence-electron chi connectivity index (χ3n) is 1.20. The zero-order chi connectivity index (χ0) is 9.14. The first-order valence-electron chi connectivity index (χ1n) is 3.09. The second-order valence-corrected chi connectivity index (χ2v) is 1.99. The first-order chi connectivity index (χ1) is 5.65. The minimum Gasteiger partial charge on any atom is -0.478 e. The van der Waals surface area contributed by atoms with Gasteiger partial charge in [0.15, 0.2) is 5.82 Å². The Labute approximate surface area is 67.4 Å². The van der Waals surface area contributed by atoms with Crippen LogP contribution < -0.4 is 10.5 Å². The van der Waals surface area contributed by atoms with Gasteiger partial charge in [0.05, 0.1) is 13.3 Å². The number of anilines is 1. The van der Waals surface area contributed by atoms with Crippen LogP contribution in [0.25, 0.3) is 0 Å². The molecule has 2 N–H and O–H groups in total. The molecule has 0 spiro atoms. The van der Waals surface area contributed by atoms with Gasteiger partial charge in [-0.25, -0.2) is 18.7 Å². The van der Waals surface area contributed by atoms with E-state index in [1.54, 1.807) is 0 Å². The minimum absolute atomic E-state index is 0.00176. The summed E-state index contributed by atoms with van der Waals surface area (Å²) in [5, 5.41) is 0. The monoisotopic (exact) mass is 175 g/mol. The first kappa shape index (κ1) is 8.63. The number of nitrogens with zero attached hydrogens (tertiary/aromatic N) is 2. The first-order valence-corrected chi connectivity index (χ1v) is 3.09. The summed E-state index contributed by atoms with van der Waals surface area (Å²) in [6.07, 6.45) is -1.74. The van der Waals surface area contributed by atoms with Crippen molar-refractivity contribution in [3.63, 3.8) is 0 Å². The van der Waals surface area contributed by atoms with Crippen LogP contribution in [0.5, 0.6) is 5.88 Å². The molecule has 12 heavy (non-hydrogen) atoms. The summed E-state index contributed by atoms with van der Waals surface area (Å²) in [7, 11) is 1.29. The number of hydrogen-bond acceptors (Lipinski definition) is 4. The molecule has 0 aliphatic carbocycles. The zero-order valence-electron chi connectivity index (χ0n) is 6.29. The molecule has 6 heteroatoms. The van der Waals surface area contributed by atoms with Crippen molar-refractivity contribution in [1.29, 1.82) is 0 Å². The van der Waals surface area contributed by atoms with Crippen LogP contribution >= 0.6 is 0 Å². The number of hydrogen-bond donors (Lipinski definition) is 1. The molecule has 1 aromatic heterocycles. The highest BCUT2D eigenvalue weighted by atomic mass is 19.3. The average Bonchev–Trinajstić information content (AvgIpc) is 2.05. The molecule has 0 saturated heterocycles. The number of methoxy groups -OCH3 is 1. The summed E-state index contributed by atoms with van der Waals surface area (Å²) in [4.78, 5) is 6.91. The van der Waals surface area contributed by atoms with E-state index in [4.69, 9.17) is 5.73 Å². The van der Waals surface area contributed by atoms with Gasteiger partial charge in [-0.1, -0.05) is 0 Å². The number of nitrogens with two attached hydrogens (primary N) is 1. The lowest BCUT2D eigenvalue weighted by atomic mass is 10.4. The molecule has 0 unspecified atom stereocenters. The minimum atomic E-state index is -2.66. The summed E-state index contributed by atoms with van der Waals surface area (Å²) in [5.74, 6) is -0.0744. The van der Waals surface area contributed by atoms with Gasteiger partial charge >= 0.3 is 0 Å². The Balaban J connectivity index is 3.05. The Morgan fingerprint density at radius 1 is 1.58 bits per heavy atom. The van der Waals surface area contributed by atoms with Crippen molar-refractivity contribution in [3.8, 4) is 5.88 Å². The van der Waals surface area contributed by atoms with E-state index in [2.05, 4.69) is 14.7 Å². The van der Waals surface area contributed by atoms with Gasteiger partial charge in [-0.05, 0) is 0 Å².